The normalized spacial score (nSPS) is 11.6. The molecule has 0 saturated heterocycles. The van der Waals surface area contributed by atoms with E-state index in [0.29, 0.717) is 0 Å². The largest absolute Gasteiger partial charge is 0.263 e. The minimum atomic E-state index is -1.25. The van der Waals surface area contributed by atoms with Crippen LogP contribution in [-0.2, 0) is 0 Å². The van der Waals surface area contributed by atoms with Crippen LogP contribution < -0.4 is 5.19 Å². The molecule has 0 radical (unpaired) electrons. The molecule has 0 aliphatic carbocycles. The number of halogens is 1. The number of pyridine rings is 1. The van der Waals surface area contributed by atoms with Gasteiger partial charge in [-0.1, -0.05) is 31.2 Å². The number of rotatable bonds is 1. The van der Waals surface area contributed by atoms with E-state index in [9.17, 15) is 0 Å². The van der Waals surface area contributed by atoms with Gasteiger partial charge in [0.25, 0.3) is 0 Å². The average Bonchev–Trinajstić information content (AvgIpc) is 1.86. The summed E-state index contributed by atoms with van der Waals surface area (Å²) in [5.74, 6) is 0. The lowest BCUT2D eigenvalue weighted by molar-refractivity contribution is 1.34. The van der Waals surface area contributed by atoms with Gasteiger partial charge in [-0.05, 0) is 11.3 Å². The van der Waals surface area contributed by atoms with Crippen molar-refractivity contribution in [3.05, 3.63) is 23.5 Å². The van der Waals surface area contributed by atoms with Gasteiger partial charge in [-0.15, -0.1) is 0 Å². The summed E-state index contributed by atoms with van der Waals surface area (Å²) >= 11 is 5.98. The molecule has 11 heavy (non-hydrogen) atoms. The predicted octanol–water partition coefficient (Wildman–Crippen LogP) is 2.28. The first-order chi connectivity index (χ1) is 5.02. The molecule has 0 aliphatic rings. The zero-order valence-electron chi connectivity index (χ0n) is 7.06. The molecular formula is C8H12ClNSi. The first-order valence-electron chi connectivity index (χ1n) is 3.62. The second kappa shape index (κ2) is 2.95. The standard InChI is InChI=1S/C8H12ClNSi/c1-11(2,3)8-4-5-10-6-7(8)9/h4-6H,1-3H3. The number of hydrogen-bond acceptors (Lipinski definition) is 1. The molecule has 0 atom stereocenters. The fraction of sp³-hybridized carbons (Fsp3) is 0.375. The Morgan fingerprint density at radius 1 is 1.36 bits per heavy atom. The van der Waals surface area contributed by atoms with E-state index in [1.54, 1.807) is 12.4 Å². The van der Waals surface area contributed by atoms with E-state index >= 15 is 0 Å². The molecule has 1 rings (SSSR count). The molecule has 0 N–H and O–H groups in total. The van der Waals surface area contributed by atoms with Crippen molar-refractivity contribution in [2.24, 2.45) is 0 Å². The van der Waals surface area contributed by atoms with Gasteiger partial charge in [0.2, 0.25) is 0 Å². The van der Waals surface area contributed by atoms with Crippen molar-refractivity contribution in [2.75, 3.05) is 0 Å². The quantitative estimate of drug-likeness (QED) is 0.612. The van der Waals surface area contributed by atoms with Gasteiger partial charge in [0.05, 0.1) is 13.1 Å². The summed E-state index contributed by atoms with van der Waals surface area (Å²) in [6.07, 6.45) is 3.52. The Kier molecular flexibility index (Phi) is 2.35. The average molecular weight is 186 g/mol. The molecular weight excluding hydrogens is 174 g/mol. The highest BCUT2D eigenvalue weighted by Gasteiger charge is 2.18. The van der Waals surface area contributed by atoms with Crippen LogP contribution in [-0.4, -0.2) is 13.1 Å². The Labute approximate surface area is 73.4 Å². The lowest BCUT2D eigenvalue weighted by Gasteiger charge is -2.17. The molecule has 0 amide bonds. The molecule has 0 unspecified atom stereocenters. The number of hydrogen-bond donors (Lipinski definition) is 0. The molecule has 0 aromatic carbocycles. The van der Waals surface area contributed by atoms with E-state index < -0.39 is 8.07 Å². The summed E-state index contributed by atoms with van der Waals surface area (Å²) < 4.78 is 0. The van der Waals surface area contributed by atoms with Crippen LogP contribution in [0.2, 0.25) is 24.7 Å². The lowest BCUT2D eigenvalue weighted by atomic mass is 10.5. The highest BCUT2D eigenvalue weighted by atomic mass is 35.5. The van der Waals surface area contributed by atoms with Gasteiger partial charge >= 0.3 is 0 Å². The maximum Gasteiger partial charge on any atom is 0.0796 e. The highest BCUT2D eigenvalue weighted by molar-refractivity contribution is 6.90. The van der Waals surface area contributed by atoms with Crippen molar-refractivity contribution < 1.29 is 0 Å². The molecule has 0 fully saturated rings. The van der Waals surface area contributed by atoms with Crippen LogP contribution in [0, 0.1) is 0 Å². The van der Waals surface area contributed by atoms with Crippen molar-refractivity contribution in [3.63, 3.8) is 0 Å². The molecule has 0 spiro atoms. The van der Waals surface area contributed by atoms with Gasteiger partial charge < -0.3 is 0 Å². The molecule has 1 nitrogen and oxygen atoms in total. The summed E-state index contributed by atoms with van der Waals surface area (Å²) in [6.45, 7) is 6.82. The fourth-order valence-electron chi connectivity index (χ4n) is 0.983. The van der Waals surface area contributed by atoms with Crippen LogP contribution in [0.4, 0.5) is 0 Å². The van der Waals surface area contributed by atoms with Crippen molar-refractivity contribution in [1.29, 1.82) is 0 Å². The molecule has 0 saturated carbocycles. The van der Waals surface area contributed by atoms with E-state index in [1.807, 2.05) is 6.07 Å². The molecule has 1 aromatic heterocycles. The topological polar surface area (TPSA) is 12.9 Å². The molecule has 60 valence electrons. The third-order valence-corrected chi connectivity index (χ3v) is 4.09. The molecule has 1 aromatic rings. The van der Waals surface area contributed by atoms with E-state index in [1.165, 1.54) is 5.19 Å². The third-order valence-electron chi connectivity index (χ3n) is 1.58. The fourth-order valence-corrected chi connectivity index (χ4v) is 3.31. The van der Waals surface area contributed by atoms with Crippen LogP contribution in [0.15, 0.2) is 18.5 Å². The van der Waals surface area contributed by atoms with Crippen LogP contribution in [0.5, 0.6) is 0 Å². The Bertz CT molecular complexity index is 255. The molecule has 3 heteroatoms. The third kappa shape index (κ3) is 2.04. The van der Waals surface area contributed by atoms with Crippen molar-refractivity contribution in [2.45, 2.75) is 19.6 Å². The van der Waals surface area contributed by atoms with Gasteiger partial charge in [-0.2, -0.15) is 0 Å². The minimum Gasteiger partial charge on any atom is -0.263 e. The Morgan fingerprint density at radius 2 is 2.00 bits per heavy atom. The summed E-state index contributed by atoms with van der Waals surface area (Å²) in [6, 6.07) is 2.02. The van der Waals surface area contributed by atoms with Gasteiger partial charge in [-0.25, -0.2) is 0 Å². The van der Waals surface area contributed by atoms with E-state index in [0.717, 1.165) is 5.02 Å². The van der Waals surface area contributed by atoms with Crippen LogP contribution >= 0.6 is 11.6 Å². The van der Waals surface area contributed by atoms with Gasteiger partial charge in [0.1, 0.15) is 0 Å². The maximum absolute atomic E-state index is 5.98. The zero-order valence-corrected chi connectivity index (χ0v) is 8.81. The van der Waals surface area contributed by atoms with E-state index in [4.69, 9.17) is 11.6 Å². The second-order valence-electron chi connectivity index (χ2n) is 3.61. The minimum absolute atomic E-state index is 0.812. The van der Waals surface area contributed by atoms with Gasteiger partial charge in [0, 0.05) is 12.4 Å². The summed E-state index contributed by atoms with van der Waals surface area (Å²) in [5, 5.41) is 2.10. The second-order valence-corrected chi connectivity index (χ2v) is 9.05. The molecule has 0 bridgehead atoms. The van der Waals surface area contributed by atoms with Crippen LogP contribution in [0.3, 0.4) is 0 Å². The summed E-state index contributed by atoms with van der Waals surface area (Å²) in [7, 11) is -1.25. The number of nitrogens with zero attached hydrogens (tertiary/aromatic N) is 1. The van der Waals surface area contributed by atoms with E-state index in [-0.39, 0.29) is 0 Å². The van der Waals surface area contributed by atoms with Crippen LogP contribution in [0.1, 0.15) is 0 Å². The molecule has 0 aliphatic heterocycles. The first kappa shape index (κ1) is 8.75. The lowest BCUT2D eigenvalue weighted by Crippen LogP contribution is -2.38. The van der Waals surface area contributed by atoms with Gasteiger partial charge in [-0.3, -0.25) is 4.98 Å². The van der Waals surface area contributed by atoms with Crippen molar-refractivity contribution in [1.82, 2.24) is 4.98 Å². The molecule has 1 heterocycles. The highest BCUT2D eigenvalue weighted by Crippen LogP contribution is 2.09. The SMILES string of the molecule is C[Si](C)(C)c1ccncc1Cl. The van der Waals surface area contributed by atoms with Gasteiger partial charge in [0.15, 0.2) is 0 Å². The Morgan fingerprint density at radius 3 is 2.36 bits per heavy atom. The number of aromatic nitrogens is 1. The Balaban J connectivity index is 3.14. The maximum atomic E-state index is 5.98. The van der Waals surface area contributed by atoms with Crippen molar-refractivity contribution >= 4 is 24.9 Å². The first-order valence-corrected chi connectivity index (χ1v) is 7.49. The Hall–Kier alpha value is -0.343. The van der Waals surface area contributed by atoms with Crippen molar-refractivity contribution in [3.8, 4) is 0 Å². The smallest absolute Gasteiger partial charge is 0.0796 e. The summed E-state index contributed by atoms with van der Waals surface area (Å²) in [4.78, 5) is 3.95. The van der Waals surface area contributed by atoms with Crippen LogP contribution in [0.25, 0.3) is 0 Å². The predicted molar refractivity (Wildman–Crippen MR) is 52.2 cm³/mol. The van der Waals surface area contributed by atoms with E-state index in [2.05, 4.69) is 24.6 Å². The summed E-state index contributed by atoms with van der Waals surface area (Å²) in [5.41, 5.74) is 0. The zero-order chi connectivity index (χ0) is 8.48. The monoisotopic (exact) mass is 185 g/mol.